The van der Waals surface area contributed by atoms with Crippen LogP contribution >= 0.6 is 0 Å². The summed E-state index contributed by atoms with van der Waals surface area (Å²) in [6.45, 7) is 0.913. The van der Waals surface area contributed by atoms with Crippen LogP contribution in [0.1, 0.15) is 11.4 Å². The zero-order chi connectivity index (χ0) is 12.4. The van der Waals surface area contributed by atoms with Gasteiger partial charge in [-0.1, -0.05) is 0 Å². The van der Waals surface area contributed by atoms with Crippen LogP contribution in [0, 0.1) is 0 Å². The topological polar surface area (TPSA) is 74.5 Å². The average Bonchev–Trinajstić information content (AvgIpc) is 2.71. The predicted molar refractivity (Wildman–Crippen MR) is 63.9 cm³/mol. The Bertz CT molecular complexity index is 585. The molecular formula is C11H16N4O2. The SMILES string of the molecule is COCc1cc2n(C)c(CCN)cc(=O)n2n1. The number of hydrogen-bond acceptors (Lipinski definition) is 4. The summed E-state index contributed by atoms with van der Waals surface area (Å²) in [6.07, 6.45) is 0.674. The molecular weight excluding hydrogens is 220 g/mol. The highest BCUT2D eigenvalue weighted by atomic mass is 16.5. The van der Waals surface area contributed by atoms with Crippen LogP contribution < -0.4 is 11.3 Å². The molecule has 0 radical (unpaired) electrons. The number of nitrogens with two attached hydrogens (primary N) is 1. The maximum absolute atomic E-state index is 11.8. The molecule has 0 fully saturated rings. The van der Waals surface area contributed by atoms with Gasteiger partial charge in [-0.05, 0) is 6.54 Å². The Hall–Kier alpha value is -1.66. The Labute approximate surface area is 98.6 Å². The van der Waals surface area contributed by atoms with Crippen molar-refractivity contribution in [3.8, 4) is 0 Å². The third-order valence-corrected chi connectivity index (χ3v) is 2.71. The number of hydrogen-bond donors (Lipinski definition) is 1. The maximum Gasteiger partial charge on any atom is 0.274 e. The first-order valence-corrected chi connectivity index (χ1v) is 5.44. The lowest BCUT2D eigenvalue weighted by Crippen LogP contribution is -2.21. The number of ether oxygens (including phenoxy) is 1. The van der Waals surface area contributed by atoms with E-state index in [1.165, 1.54) is 4.52 Å². The van der Waals surface area contributed by atoms with Gasteiger partial charge in [0.05, 0.1) is 12.3 Å². The molecule has 0 saturated heterocycles. The van der Waals surface area contributed by atoms with E-state index in [0.29, 0.717) is 19.6 Å². The molecule has 92 valence electrons. The molecule has 2 aromatic rings. The number of fused-ring (bicyclic) bond motifs is 1. The fraction of sp³-hybridized carbons (Fsp3) is 0.455. The van der Waals surface area contributed by atoms with E-state index in [1.54, 1.807) is 13.2 Å². The predicted octanol–water partition coefficient (Wildman–Crippen LogP) is -0.319. The highest BCUT2D eigenvalue weighted by molar-refractivity contribution is 5.41. The summed E-state index contributed by atoms with van der Waals surface area (Å²) in [7, 11) is 3.50. The number of aryl methyl sites for hydroxylation is 1. The van der Waals surface area contributed by atoms with Gasteiger partial charge in [0.25, 0.3) is 5.56 Å². The van der Waals surface area contributed by atoms with Gasteiger partial charge in [0.2, 0.25) is 0 Å². The van der Waals surface area contributed by atoms with E-state index in [-0.39, 0.29) is 5.56 Å². The lowest BCUT2D eigenvalue weighted by molar-refractivity contribution is 0.181. The lowest BCUT2D eigenvalue weighted by atomic mass is 10.3. The largest absolute Gasteiger partial charge is 0.378 e. The fourth-order valence-electron chi connectivity index (χ4n) is 1.87. The van der Waals surface area contributed by atoms with Gasteiger partial charge in [-0.3, -0.25) is 4.79 Å². The van der Waals surface area contributed by atoms with Crippen molar-refractivity contribution in [1.29, 1.82) is 0 Å². The van der Waals surface area contributed by atoms with Gasteiger partial charge in [-0.15, -0.1) is 0 Å². The van der Waals surface area contributed by atoms with Gasteiger partial charge in [-0.2, -0.15) is 9.61 Å². The molecule has 2 heterocycles. The van der Waals surface area contributed by atoms with Crippen molar-refractivity contribution >= 4 is 5.65 Å². The van der Waals surface area contributed by atoms with Crippen LogP contribution in [-0.2, 0) is 24.8 Å². The smallest absolute Gasteiger partial charge is 0.274 e. The normalized spacial score (nSPS) is 11.2. The van der Waals surface area contributed by atoms with E-state index < -0.39 is 0 Å². The Balaban J connectivity index is 2.62. The molecule has 0 amide bonds. The van der Waals surface area contributed by atoms with Gasteiger partial charge in [0.15, 0.2) is 0 Å². The number of rotatable bonds is 4. The minimum atomic E-state index is -0.135. The molecule has 6 nitrogen and oxygen atoms in total. The lowest BCUT2D eigenvalue weighted by Gasteiger charge is -2.08. The van der Waals surface area contributed by atoms with Gasteiger partial charge in [0.1, 0.15) is 5.65 Å². The fourth-order valence-corrected chi connectivity index (χ4v) is 1.87. The first-order chi connectivity index (χ1) is 8.17. The van der Waals surface area contributed by atoms with E-state index >= 15 is 0 Å². The minimum absolute atomic E-state index is 0.135. The zero-order valence-electron chi connectivity index (χ0n) is 10.0. The van der Waals surface area contributed by atoms with Crippen molar-refractivity contribution in [3.63, 3.8) is 0 Å². The Morgan fingerprint density at radius 3 is 2.88 bits per heavy atom. The van der Waals surface area contributed by atoms with Crippen molar-refractivity contribution in [1.82, 2.24) is 14.2 Å². The van der Waals surface area contributed by atoms with Gasteiger partial charge < -0.3 is 15.0 Å². The zero-order valence-corrected chi connectivity index (χ0v) is 10.0. The summed E-state index contributed by atoms with van der Waals surface area (Å²) < 4.78 is 8.32. The molecule has 0 aromatic carbocycles. The standard InChI is InChI=1S/C11H16N4O2/c1-14-9(3-4-12)6-11(16)15-10(14)5-8(13-15)7-17-2/h5-6H,3-4,7,12H2,1-2H3. The third kappa shape index (κ3) is 2.09. The monoisotopic (exact) mass is 236 g/mol. The van der Waals surface area contributed by atoms with Crippen LogP contribution in [-0.4, -0.2) is 27.8 Å². The third-order valence-electron chi connectivity index (χ3n) is 2.71. The van der Waals surface area contributed by atoms with Crippen molar-refractivity contribution in [2.75, 3.05) is 13.7 Å². The number of methoxy groups -OCH3 is 1. The molecule has 0 aliphatic carbocycles. The van der Waals surface area contributed by atoms with Gasteiger partial charge in [0, 0.05) is 38.4 Å². The summed E-state index contributed by atoms with van der Waals surface area (Å²) >= 11 is 0. The van der Waals surface area contributed by atoms with Crippen molar-refractivity contribution < 1.29 is 4.74 Å². The van der Waals surface area contributed by atoms with Crippen LogP contribution in [0.2, 0.25) is 0 Å². The number of nitrogens with zero attached hydrogens (tertiary/aromatic N) is 3. The van der Waals surface area contributed by atoms with Crippen LogP contribution in [0.15, 0.2) is 16.9 Å². The number of aromatic nitrogens is 3. The molecule has 0 unspecified atom stereocenters. The van der Waals surface area contributed by atoms with Crippen molar-refractivity contribution in [2.24, 2.45) is 12.8 Å². The van der Waals surface area contributed by atoms with Crippen LogP contribution in [0.4, 0.5) is 0 Å². The quantitative estimate of drug-likeness (QED) is 0.789. The maximum atomic E-state index is 11.8. The Morgan fingerprint density at radius 1 is 1.47 bits per heavy atom. The molecule has 6 heteroatoms. The van der Waals surface area contributed by atoms with Crippen LogP contribution in [0.3, 0.4) is 0 Å². The Kier molecular flexibility index (Phi) is 3.26. The summed E-state index contributed by atoms with van der Waals surface area (Å²) in [5, 5.41) is 4.19. The highest BCUT2D eigenvalue weighted by Crippen LogP contribution is 2.07. The van der Waals surface area contributed by atoms with E-state index in [0.717, 1.165) is 17.0 Å². The van der Waals surface area contributed by atoms with Crippen LogP contribution in [0.25, 0.3) is 5.65 Å². The second kappa shape index (κ2) is 4.68. The first-order valence-electron chi connectivity index (χ1n) is 5.44. The second-order valence-corrected chi connectivity index (χ2v) is 3.91. The van der Waals surface area contributed by atoms with Crippen molar-refractivity contribution in [2.45, 2.75) is 13.0 Å². The van der Waals surface area contributed by atoms with Crippen LogP contribution in [0.5, 0.6) is 0 Å². The second-order valence-electron chi connectivity index (χ2n) is 3.91. The molecule has 0 atom stereocenters. The molecule has 2 aromatic heterocycles. The molecule has 17 heavy (non-hydrogen) atoms. The molecule has 0 aliphatic heterocycles. The van der Waals surface area contributed by atoms with E-state index in [4.69, 9.17) is 10.5 Å². The molecule has 0 aliphatic rings. The average molecular weight is 236 g/mol. The molecule has 0 spiro atoms. The Morgan fingerprint density at radius 2 is 2.24 bits per heavy atom. The molecule has 0 saturated carbocycles. The highest BCUT2D eigenvalue weighted by Gasteiger charge is 2.09. The molecule has 2 rings (SSSR count). The van der Waals surface area contributed by atoms with Gasteiger partial charge in [-0.25, -0.2) is 0 Å². The van der Waals surface area contributed by atoms with Gasteiger partial charge >= 0.3 is 0 Å². The summed E-state index contributed by atoms with van der Waals surface area (Å²) in [5.41, 5.74) is 7.79. The molecule has 0 bridgehead atoms. The summed E-state index contributed by atoms with van der Waals surface area (Å²) in [4.78, 5) is 11.8. The summed E-state index contributed by atoms with van der Waals surface area (Å²) in [6, 6.07) is 3.42. The van der Waals surface area contributed by atoms with E-state index in [1.807, 2.05) is 17.7 Å². The minimum Gasteiger partial charge on any atom is -0.378 e. The van der Waals surface area contributed by atoms with E-state index in [2.05, 4.69) is 5.10 Å². The summed E-state index contributed by atoms with van der Waals surface area (Å²) in [5.74, 6) is 0. The first kappa shape index (κ1) is 11.8. The van der Waals surface area contributed by atoms with E-state index in [9.17, 15) is 4.79 Å². The molecule has 2 N–H and O–H groups in total. The van der Waals surface area contributed by atoms with Crippen molar-refractivity contribution in [3.05, 3.63) is 33.9 Å².